The Kier molecular flexibility index (Phi) is 8.09. The molecule has 1 aromatic carbocycles. The van der Waals surface area contributed by atoms with Crippen molar-refractivity contribution in [3.63, 3.8) is 0 Å². The van der Waals surface area contributed by atoms with Crippen molar-refractivity contribution in [3.05, 3.63) is 28.2 Å². The lowest BCUT2D eigenvalue weighted by Gasteiger charge is -2.43. The van der Waals surface area contributed by atoms with Crippen LogP contribution in [0.5, 0.6) is 5.75 Å². The van der Waals surface area contributed by atoms with Gasteiger partial charge in [0.1, 0.15) is 18.5 Å². The van der Waals surface area contributed by atoms with Gasteiger partial charge >= 0.3 is 17.9 Å². The summed E-state index contributed by atoms with van der Waals surface area (Å²) in [7, 11) is 0. The third-order valence-corrected chi connectivity index (χ3v) is 4.64. The summed E-state index contributed by atoms with van der Waals surface area (Å²) < 4.78 is 27.0. The second kappa shape index (κ2) is 10.1. The van der Waals surface area contributed by atoms with E-state index >= 15 is 0 Å². The first-order valence-corrected chi connectivity index (χ1v) is 9.34. The predicted molar refractivity (Wildman–Crippen MR) is 101 cm³/mol. The van der Waals surface area contributed by atoms with E-state index in [9.17, 15) is 14.4 Å². The van der Waals surface area contributed by atoms with Gasteiger partial charge in [-0.25, -0.2) is 0 Å². The SMILES string of the molecule is CC(=O)OCC1OC(Oc2ccc(Cl)c(Cl)c2)C(OC(C)=O)C(N)C1OC(C)=O. The molecule has 0 amide bonds. The van der Waals surface area contributed by atoms with Crippen LogP contribution in [0, 0.1) is 0 Å². The highest BCUT2D eigenvalue weighted by Crippen LogP contribution is 2.31. The van der Waals surface area contributed by atoms with E-state index in [1.807, 2.05) is 0 Å². The number of carbonyl (C=O) groups excluding carboxylic acids is 3. The number of carbonyl (C=O) groups is 3. The van der Waals surface area contributed by atoms with Crippen molar-refractivity contribution in [1.29, 1.82) is 0 Å². The van der Waals surface area contributed by atoms with Crippen LogP contribution < -0.4 is 10.5 Å². The molecule has 2 N–H and O–H groups in total. The number of ether oxygens (including phenoxy) is 5. The minimum absolute atomic E-state index is 0.238. The van der Waals surface area contributed by atoms with E-state index in [1.54, 1.807) is 0 Å². The van der Waals surface area contributed by atoms with Crippen LogP contribution >= 0.6 is 23.2 Å². The second-order valence-electron chi connectivity index (χ2n) is 6.26. The molecule has 0 radical (unpaired) electrons. The molecule has 1 aliphatic heterocycles. The summed E-state index contributed by atoms with van der Waals surface area (Å²) in [6, 6.07) is 3.47. The summed E-state index contributed by atoms with van der Waals surface area (Å²) >= 11 is 11.9. The molecule has 0 aliphatic carbocycles. The lowest BCUT2D eigenvalue weighted by molar-refractivity contribution is -0.259. The highest BCUT2D eigenvalue weighted by atomic mass is 35.5. The molecule has 1 fully saturated rings. The quantitative estimate of drug-likeness (QED) is 0.511. The molecule has 5 unspecified atom stereocenters. The number of halogens is 2. The summed E-state index contributed by atoms with van der Waals surface area (Å²) in [5, 5.41) is 0.557. The summed E-state index contributed by atoms with van der Waals surface area (Å²) in [6.07, 6.45) is -4.33. The smallest absolute Gasteiger partial charge is 0.303 e. The number of nitrogens with two attached hydrogens (primary N) is 1. The van der Waals surface area contributed by atoms with Crippen molar-refractivity contribution < 1.29 is 38.1 Å². The number of esters is 3. The molecule has 0 bridgehead atoms. The lowest BCUT2D eigenvalue weighted by atomic mass is 9.96. The van der Waals surface area contributed by atoms with Gasteiger partial charge in [-0.05, 0) is 12.1 Å². The Balaban J connectivity index is 2.31. The lowest BCUT2D eigenvalue weighted by Crippen LogP contribution is -2.65. The molecule has 0 aromatic heterocycles. The van der Waals surface area contributed by atoms with Gasteiger partial charge in [0.15, 0.2) is 12.2 Å². The molecule has 1 heterocycles. The van der Waals surface area contributed by atoms with Crippen LogP contribution in [-0.4, -0.2) is 55.2 Å². The molecule has 1 aromatic rings. The van der Waals surface area contributed by atoms with Crippen LogP contribution in [0.2, 0.25) is 10.0 Å². The molecule has 5 atom stereocenters. The van der Waals surface area contributed by atoms with E-state index in [0.29, 0.717) is 5.02 Å². The summed E-state index contributed by atoms with van der Waals surface area (Å²) in [4.78, 5) is 34.3. The Morgan fingerprint density at radius 2 is 1.62 bits per heavy atom. The third-order valence-electron chi connectivity index (χ3n) is 3.90. The Morgan fingerprint density at radius 3 is 2.17 bits per heavy atom. The monoisotopic (exact) mass is 449 g/mol. The van der Waals surface area contributed by atoms with E-state index in [4.69, 9.17) is 52.6 Å². The minimum Gasteiger partial charge on any atom is -0.463 e. The Morgan fingerprint density at radius 1 is 1.00 bits per heavy atom. The number of rotatable bonds is 6. The molecule has 1 saturated heterocycles. The maximum Gasteiger partial charge on any atom is 0.303 e. The molecule has 9 nitrogen and oxygen atoms in total. The number of hydrogen-bond donors (Lipinski definition) is 1. The zero-order valence-electron chi connectivity index (χ0n) is 15.9. The van der Waals surface area contributed by atoms with Gasteiger partial charge in [-0.1, -0.05) is 23.2 Å². The first-order chi connectivity index (χ1) is 13.6. The van der Waals surface area contributed by atoms with Crippen LogP contribution in [-0.2, 0) is 33.3 Å². The summed E-state index contributed by atoms with van der Waals surface area (Å²) in [5.41, 5.74) is 6.21. The fraction of sp³-hybridized carbons (Fsp3) is 0.500. The van der Waals surface area contributed by atoms with Crippen molar-refractivity contribution >= 4 is 41.1 Å². The van der Waals surface area contributed by atoms with Gasteiger partial charge in [0.25, 0.3) is 0 Å². The largest absolute Gasteiger partial charge is 0.463 e. The Hall–Kier alpha value is -2.07. The molecule has 29 heavy (non-hydrogen) atoms. The fourth-order valence-electron chi connectivity index (χ4n) is 2.73. The van der Waals surface area contributed by atoms with E-state index in [-0.39, 0.29) is 17.4 Å². The summed E-state index contributed by atoms with van der Waals surface area (Å²) in [6.45, 7) is 3.34. The fourth-order valence-corrected chi connectivity index (χ4v) is 3.02. The first kappa shape index (κ1) is 23.2. The van der Waals surface area contributed by atoms with E-state index in [2.05, 4.69) is 0 Å². The Bertz CT molecular complexity index is 772. The van der Waals surface area contributed by atoms with Crippen LogP contribution in [0.4, 0.5) is 0 Å². The zero-order valence-corrected chi connectivity index (χ0v) is 17.4. The van der Waals surface area contributed by atoms with Crippen molar-refractivity contribution in [2.24, 2.45) is 5.73 Å². The first-order valence-electron chi connectivity index (χ1n) is 8.59. The van der Waals surface area contributed by atoms with Crippen molar-refractivity contribution in [2.75, 3.05) is 6.61 Å². The van der Waals surface area contributed by atoms with Gasteiger partial charge in [-0.3, -0.25) is 14.4 Å². The maximum atomic E-state index is 11.6. The van der Waals surface area contributed by atoms with Crippen LogP contribution in [0.1, 0.15) is 20.8 Å². The van der Waals surface area contributed by atoms with E-state index in [0.717, 1.165) is 0 Å². The predicted octanol–water partition coefficient (Wildman–Crippen LogP) is 1.85. The highest BCUT2D eigenvalue weighted by Gasteiger charge is 2.49. The molecule has 1 aliphatic rings. The average Bonchev–Trinajstić information content (AvgIpc) is 2.61. The molecule has 11 heteroatoms. The zero-order chi connectivity index (χ0) is 21.7. The number of hydrogen-bond acceptors (Lipinski definition) is 9. The molecule has 2 rings (SSSR count). The Labute approximate surface area is 177 Å². The second-order valence-corrected chi connectivity index (χ2v) is 7.08. The van der Waals surface area contributed by atoms with Crippen LogP contribution in [0.3, 0.4) is 0 Å². The molecular weight excluding hydrogens is 429 g/mol. The van der Waals surface area contributed by atoms with Gasteiger partial charge in [0.05, 0.1) is 16.1 Å². The third kappa shape index (κ3) is 6.46. The molecule has 160 valence electrons. The van der Waals surface area contributed by atoms with Crippen LogP contribution in [0.25, 0.3) is 0 Å². The molecule has 0 saturated carbocycles. The molecule has 0 spiro atoms. The standard InChI is InChI=1S/C18H21Cl2NO8/c1-8(22)25-7-14-16(26-9(2)23)15(21)17(27-10(3)24)18(29-14)28-11-4-5-12(19)13(20)6-11/h4-6,14-18H,7,21H2,1-3H3. The van der Waals surface area contributed by atoms with E-state index in [1.165, 1.54) is 39.0 Å². The van der Waals surface area contributed by atoms with E-state index < -0.39 is 48.6 Å². The van der Waals surface area contributed by atoms with Crippen LogP contribution in [0.15, 0.2) is 18.2 Å². The van der Waals surface area contributed by atoms with Crippen molar-refractivity contribution in [3.8, 4) is 5.75 Å². The van der Waals surface area contributed by atoms with Gasteiger partial charge in [0, 0.05) is 26.8 Å². The average molecular weight is 450 g/mol. The summed E-state index contributed by atoms with van der Waals surface area (Å²) in [5.74, 6) is -1.57. The number of benzene rings is 1. The van der Waals surface area contributed by atoms with Crippen molar-refractivity contribution in [2.45, 2.75) is 51.4 Å². The normalized spacial score (nSPS) is 26.3. The van der Waals surface area contributed by atoms with Gasteiger partial charge in [-0.2, -0.15) is 0 Å². The maximum absolute atomic E-state index is 11.6. The van der Waals surface area contributed by atoms with Crippen molar-refractivity contribution in [1.82, 2.24) is 0 Å². The topological polar surface area (TPSA) is 123 Å². The molecular formula is C18H21Cl2NO8. The van der Waals surface area contributed by atoms with Gasteiger partial charge < -0.3 is 29.4 Å². The van der Waals surface area contributed by atoms with Gasteiger partial charge in [-0.15, -0.1) is 0 Å². The minimum atomic E-state index is -1.20. The highest BCUT2D eigenvalue weighted by molar-refractivity contribution is 6.42. The van der Waals surface area contributed by atoms with Gasteiger partial charge in [0.2, 0.25) is 6.29 Å².